The number of benzene rings is 1. The maximum absolute atomic E-state index is 13.8. The zero-order valence-corrected chi connectivity index (χ0v) is 17.6. The van der Waals surface area contributed by atoms with E-state index >= 15 is 0 Å². The highest BCUT2D eigenvalue weighted by molar-refractivity contribution is 14.1. The van der Waals surface area contributed by atoms with Gasteiger partial charge >= 0.3 is 6.61 Å². The molecule has 2 fully saturated rings. The number of hydrogen-bond donors (Lipinski definition) is 0. The minimum atomic E-state index is -3.23. The van der Waals surface area contributed by atoms with E-state index in [1.54, 1.807) is 0 Å². The molecule has 0 amide bonds. The zero-order chi connectivity index (χ0) is 19.4. The highest BCUT2D eigenvalue weighted by Gasteiger charge is 2.30. The summed E-state index contributed by atoms with van der Waals surface area (Å²) in [5.74, 6) is -0.770. The fourth-order valence-corrected chi connectivity index (χ4v) is 5.55. The molecule has 152 valence electrons. The average Bonchev–Trinajstić information content (AvgIpc) is 2.64. The highest BCUT2D eigenvalue weighted by Crippen LogP contribution is 2.42. The van der Waals surface area contributed by atoms with E-state index in [4.69, 9.17) is 0 Å². The molecule has 0 N–H and O–H groups in total. The third kappa shape index (κ3) is 5.97. The van der Waals surface area contributed by atoms with Gasteiger partial charge in [-0.05, 0) is 86.8 Å². The molecule has 0 spiro atoms. The number of aryl methyl sites for hydroxylation is 1. The third-order valence-corrected chi connectivity index (χ3v) is 7.61. The van der Waals surface area contributed by atoms with Crippen molar-refractivity contribution in [3.05, 3.63) is 29.3 Å². The molecule has 1 nitrogen and oxygen atoms in total. The van der Waals surface area contributed by atoms with Crippen molar-refractivity contribution in [3.63, 3.8) is 0 Å². The summed E-state index contributed by atoms with van der Waals surface area (Å²) in [5, 5.41) is 0. The Labute approximate surface area is 172 Å². The van der Waals surface area contributed by atoms with E-state index < -0.39 is 24.0 Å². The summed E-state index contributed by atoms with van der Waals surface area (Å²) in [6.45, 7) is -3.23. The van der Waals surface area contributed by atoms with Crippen molar-refractivity contribution in [2.75, 3.05) is 0 Å². The fourth-order valence-electron chi connectivity index (χ4n) is 4.83. The van der Waals surface area contributed by atoms with Gasteiger partial charge in [0.1, 0.15) is 0 Å². The summed E-state index contributed by atoms with van der Waals surface area (Å²) in [5.41, 5.74) is 0.508. The van der Waals surface area contributed by atoms with Crippen LogP contribution in [0.5, 0.6) is 5.75 Å². The van der Waals surface area contributed by atoms with Crippen molar-refractivity contribution in [2.24, 2.45) is 17.8 Å². The van der Waals surface area contributed by atoms with Gasteiger partial charge in [0.2, 0.25) is 0 Å². The third-order valence-electron chi connectivity index (χ3n) is 6.37. The number of ether oxygens (including phenoxy) is 1. The van der Waals surface area contributed by atoms with Crippen LogP contribution in [0.2, 0.25) is 0 Å². The van der Waals surface area contributed by atoms with Gasteiger partial charge in [0.15, 0.2) is 17.4 Å². The predicted octanol–water partition coefficient (Wildman–Crippen LogP) is 7.30. The Morgan fingerprint density at radius 2 is 1.41 bits per heavy atom. The van der Waals surface area contributed by atoms with Gasteiger partial charge in [-0.25, -0.2) is 8.78 Å². The van der Waals surface area contributed by atoms with Gasteiger partial charge in [0, 0.05) is 3.92 Å². The summed E-state index contributed by atoms with van der Waals surface area (Å²) >= 11 is 2.57. The van der Waals surface area contributed by atoms with E-state index in [0.717, 1.165) is 34.3 Å². The first kappa shape index (κ1) is 21.2. The Morgan fingerprint density at radius 3 is 1.93 bits per heavy atom. The minimum absolute atomic E-state index is 0.508. The summed E-state index contributed by atoms with van der Waals surface area (Å²) in [6, 6.07) is 2.24. The lowest BCUT2D eigenvalue weighted by Gasteiger charge is -2.37. The molecule has 6 heteroatoms. The van der Waals surface area contributed by atoms with Gasteiger partial charge in [0.25, 0.3) is 0 Å². The average molecular weight is 498 g/mol. The van der Waals surface area contributed by atoms with Crippen molar-refractivity contribution in [2.45, 2.75) is 74.7 Å². The molecule has 0 radical (unpaired) electrons. The first-order valence-electron chi connectivity index (χ1n) is 9.99. The van der Waals surface area contributed by atoms with Gasteiger partial charge in [-0.1, -0.05) is 35.4 Å². The minimum Gasteiger partial charge on any atom is -0.429 e. The molecule has 2 aliphatic rings. The summed E-state index contributed by atoms with van der Waals surface area (Å²) in [4.78, 5) is 0. The molecule has 27 heavy (non-hydrogen) atoms. The molecular weight excluding hydrogens is 471 g/mol. The molecular formula is C21H27F4IO. The maximum atomic E-state index is 13.8. The van der Waals surface area contributed by atoms with Gasteiger partial charge in [0.05, 0.1) is 0 Å². The first-order chi connectivity index (χ1) is 12.9. The number of alkyl halides is 3. The standard InChI is InChI=1S/C21H27F4IO/c22-18-11-14(12-19(23)20(18)27-21(24)25)2-1-13-3-5-15(6-4-13)16-7-9-17(26)10-8-16/h11-13,15-17,21H,1-10H2. The molecule has 0 aliphatic heterocycles. The van der Waals surface area contributed by atoms with Gasteiger partial charge < -0.3 is 4.74 Å². The molecule has 0 unspecified atom stereocenters. The molecule has 3 rings (SSSR count). The number of rotatable bonds is 6. The van der Waals surface area contributed by atoms with Crippen LogP contribution in [0, 0.1) is 29.4 Å². The van der Waals surface area contributed by atoms with Crippen LogP contribution in [0.3, 0.4) is 0 Å². The van der Waals surface area contributed by atoms with Crippen LogP contribution in [-0.4, -0.2) is 10.5 Å². The van der Waals surface area contributed by atoms with Crippen LogP contribution >= 0.6 is 22.6 Å². The van der Waals surface area contributed by atoms with Gasteiger partial charge in [-0.15, -0.1) is 0 Å². The Bertz CT molecular complexity index is 585. The largest absolute Gasteiger partial charge is 0.429 e. The molecule has 1 aromatic rings. The second-order valence-corrected chi connectivity index (χ2v) is 9.86. The molecule has 2 saturated carbocycles. The van der Waals surface area contributed by atoms with Crippen molar-refractivity contribution in [3.8, 4) is 5.75 Å². The van der Waals surface area contributed by atoms with Crippen molar-refractivity contribution < 1.29 is 22.3 Å². The van der Waals surface area contributed by atoms with E-state index in [2.05, 4.69) is 27.3 Å². The lowest BCUT2D eigenvalue weighted by atomic mass is 9.70. The van der Waals surface area contributed by atoms with Crippen LogP contribution < -0.4 is 4.74 Å². The number of hydrogen-bond acceptors (Lipinski definition) is 1. The lowest BCUT2D eigenvalue weighted by molar-refractivity contribution is -0.0546. The zero-order valence-electron chi connectivity index (χ0n) is 15.4. The Morgan fingerprint density at radius 1 is 0.889 bits per heavy atom. The van der Waals surface area contributed by atoms with E-state index in [0.29, 0.717) is 17.9 Å². The van der Waals surface area contributed by atoms with Crippen molar-refractivity contribution in [1.82, 2.24) is 0 Å². The topological polar surface area (TPSA) is 9.23 Å². The first-order valence-corrected chi connectivity index (χ1v) is 11.2. The summed E-state index contributed by atoms with van der Waals surface area (Å²) < 4.78 is 56.8. The normalized spacial score (nSPS) is 29.1. The SMILES string of the molecule is Fc1cc(CCC2CCC(C3CCC(I)CC3)CC2)cc(F)c1OC(F)F. The second-order valence-electron chi connectivity index (χ2n) is 8.10. The number of halogens is 5. The Kier molecular flexibility index (Phi) is 7.68. The molecule has 0 aromatic heterocycles. The maximum Gasteiger partial charge on any atom is 0.387 e. The monoisotopic (exact) mass is 498 g/mol. The van der Waals surface area contributed by atoms with Gasteiger partial charge in [-0.2, -0.15) is 8.78 Å². The van der Waals surface area contributed by atoms with Gasteiger partial charge in [-0.3, -0.25) is 0 Å². The highest BCUT2D eigenvalue weighted by atomic mass is 127. The Hall–Kier alpha value is -0.530. The van der Waals surface area contributed by atoms with Crippen LogP contribution in [0.1, 0.15) is 63.4 Å². The van der Waals surface area contributed by atoms with E-state index in [-0.39, 0.29) is 0 Å². The molecule has 0 bridgehead atoms. The van der Waals surface area contributed by atoms with E-state index in [1.165, 1.54) is 51.4 Å². The van der Waals surface area contributed by atoms with Crippen LogP contribution in [0.15, 0.2) is 12.1 Å². The molecule has 1 aromatic carbocycles. The lowest BCUT2D eigenvalue weighted by Crippen LogP contribution is -2.26. The molecule has 0 heterocycles. The molecule has 2 aliphatic carbocycles. The Balaban J connectivity index is 1.46. The van der Waals surface area contributed by atoms with Crippen molar-refractivity contribution in [1.29, 1.82) is 0 Å². The quantitative estimate of drug-likeness (QED) is 0.227. The second kappa shape index (κ2) is 9.79. The van der Waals surface area contributed by atoms with E-state index in [9.17, 15) is 17.6 Å². The smallest absolute Gasteiger partial charge is 0.387 e. The van der Waals surface area contributed by atoms with Crippen LogP contribution in [0.4, 0.5) is 17.6 Å². The summed E-state index contributed by atoms with van der Waals surface area (Å²) in [7, 11) is 0. The van der Waals surface area contributed by atoms with Crippen LogP contribution in [-0.2, 0) is 6.42 Å². The summed E-state index contributed by atoms with van der Waals surface area (Å²) in [6.07, 6.45) is 11.8. The molecule has 0 saturated heterocycles. The molecule has 0 atom stereocenters. The predicted molar refractivity (Wildman–Crippen MR) is 107 cm³/mol. The van der Waals surface area contributed by atoms with E-state index in [1.807, 2.05) is 0 Å². The van der Waals surface area contributed by atoms with Crippen LogP contribution in [0.25, 0.3) is 0 Å². The van der Waals surface area contributed by atoms with Crippen molar-refractivity contribution >= 4 is 22.6 Å². The fraction of sp³-hybridized carbons (Fsp3) is 0.714.